The third-order valence-corrected chi connectivity index (χ3v) is 7.45. The van der Waals surface area contributed by atoms with Crippen molar-refractivity contribution < 1.29 is 9.47 Å². The maximum Gasteiger partial charge on any atom is 0.128 e. The normalized spacial score (nSPS) is 12.9. The van der Waals surface area contributed by atoms with Crippen LogP contribution >= 0.6 is 0 Å². The first-order chi connectivity index (χ1) is 19.4. The number of aryl methyl sites for hydroxylation is 1. The fraction of sp³-hybridized carbons (Fsp3) is 0.400. The second-order valence-corrected chi connectivity index (χ2v) is 9.94. The number of ether oxygens (including phenoxy) is 2. The molecule has 0 aromatic heterocycles. The number of allylic oxidation sites excluding steroid dienone is 1. The Morgan fingerprint density at radius 1 is 0.950 bits per heavy atom. The summed E-state index contributed by atoms with van der Waals surface area (Å²) in [4.78, 5) is 9.81. The summed E-state index contributed by atoms with van der Waals surface area (Å²) in [6.07, 6.45) is 0. The van der Waals surface area contributed by atoms with Crippen LogP contribution in [0.5, 0.6) is 5.75 Å². The van der Waals surface area contributed by atoms with Gasteiger partial charge in [-0.1, -0.05) is 51.1 Å². The summed E-state index contributed by atoms with van der Waals surface area (Å²) in [6, 6.07) is 21.3. The topological polar surface area (TPSA) is 37.3 Å². The summed E-state index contributed by atoms with van der Waals surface area (Å²) in [5.74, 6) is 1.75. The quantitative estimate of drug-likeness (QED) is 0.242. The molecular weight excluding hydrogens is 494 g/mol. The zero-order valence-electron chi connectivity index (χ0n) is 26.0. The fourth-order valence-corrected chi connectivity index (χ4v) is 4.96. The molecule has 5 heteroatoms. The van der Waals surface area contributed by atoms with E-state index < -0.39 is 0 Å². The zero-order chi connectivity index (χ0) is 29.2. The Labute approximate surface area is 242 Å². The Morgan fingerprint density at radius 2 is 1.68 bits per heavy atom. The van der Waals surface area contributed by atoms with Crippen molar-refractivity contribution in [3.8, 4) is 5.75 Å². The first-order valence-corrected chi connectivity index (χ1v) is 14.6. The van der Waals surface area contributed by atoms with E-state index in [-0.39, 0.29) is 0 Å². The lowest BCUT2D eigenvalue weighted by molar-refractivity contribution is 0.197. The second kappa shape index (κ2) is 14.7. The number of fused-ring (bicyclic) bond motifs is 1. The number of rotatable bonds is 10. The molecule has 0 spiro atoms. The summed E-state index contributed by atoms with van der Waals surface area (Å²) in [5, 5.41) is 0. The lowest BCUT2D eigenvalue weighted by Gasteiger charge is -2.26. The number of hydrogen-bond donors (Lipinski definition) is 0. The van der Waals surface area contributed by atoms with Gasteiger partial charge in [-0.2, -0.15) is 0 Å². The van der Waals surface area contributed by atoms with Crippen LogP contribution in [0.3, 0.4) is 0 Å². The average molecular weight is 542 g/mol. The van der Waals surface area contributed by atoms with Crippen LogP contribution in [0.15, 0.2) is 71.4 Å². The summed E-state index contributed by atoms with van der Waals surface area (Å²) >= 11 is 0. The van der Waals surface area contributed by atoms with Crippen LogP contribution in [0, 0.1) is 6.92 Å². The van der Waals surface area contributed by atoms with Crippen molar-refractivity contribution in [1.29, 1.82) is 0 Å². The Bertz CT molecular complexity index is 1330. The number of methoxy groups -OCH3 is 1. The van der Waals surface area contributed by atoms with Crippen LogP contribution < -0.4 is 9.64 Å². The van der Waals surface area contributed by atoms with Gasteiger partial charge >= 0.3 is 0 Å². The molecule has 3 aromatic rings. The van der Waals surface area contributed by atoms with Gasteiger partial charge in [0.1, 0.15) is 18.1 Å². The molecule has 3 aromatic carbocycles. The molecule has 0 amide bonds. The Hall–Kier alpha value is -3.57. The van der Waals surface area contributed by atoms with Gasteiger partial charge in [0, 0.05) is 42.2 Å². The predicted molar refractivity (Wildman–Crippen MR) is 171 cm³/mol. The highest BCUT2D eigenvalue weighted by Gasteiger charge is 2.23. The molecule has 40 heavy (non-hydrogen) atoms. The number of likely N-dealkylation sites (N-methyl/N-ethyl adjacent to an activating group) is 2. The fourth-order valence-electron chi connectivity index (χ4n) is 4.96. The van der Waals surface area contributed by atoms with E-state index in [2.05, 4.69) is 99.1 Å². The monoisotopic (exact) mass is 541 g/mol. The van der Waals surface area contributed by atoms with Gasteiger partial charge < -0.3 is 19.3 Å². The molecule has 0 atom stereocenters. The molecule has 0 aliphatic carbocycles. The number of aliphatic imine (C=N–C) groups is 1. The molecule has 0 radical (unpaired) electrons. The van der Waals surface area contributed by atoms with Gasteiger partial charge in [0.15, 0.2) is 0 Å². The Balaban J connectivity index is 0.00000216. The summed E-state index contributed by atoms with van der Waals surface area (Å²) < 4.78 is 12.0. The smallest absolute Gasteiger partial charge is 0.128 e. The number of anilines is 1. The third-order valence-electron chi connectivity index (χ3n) is 7.45. The lowest BCUT2D eigenvalue weighted by atomic mass is 9.89. The van der Waals surface area contributed by atoms with Gasteiger partial charge in [-0.05, 0) is 93.9 Å². The number of nitrogens with zero attached hydrogens (tertiary/aromatic N) is 3. The molecular formula is C35H47N3O2. The molecule has 1 heterocycles. The molecule has 0 saturated heterocycles. The van der Waals surface area contributed by atoms with Crippen molar-refractivity contribution in [2.24, 2.45) is 4.99 Å². The highest BCUT2D eigenvalue weighted by atomic mass is 16.5. The first-order valence-electron chi connectivity index (χ1n) is 14.6. The molecule has 1 aliphatic rings. The van der Waals surface area contributed by atoms with E-state index in [1.807, 2.05) is 26.8 Å². The van der Waals surface area contributed by atoms with Crippen molar-refractivity contribution in [1.82, 2.24) is 4.90 Å². The maximum absolute atomic E-state index is 6.10. The van der Waals surface area contributed by atoms with Gasteiger partial charge in [0.25, 0.3) is 0 Å². The van der Waals surface area contributed by atoms with E-state index >= 15 is 0 Å². The van der Waals surface area contributed by atoms with Crippen molar-refractivity contribution in [3.05, 3.63) is 94.2 Å². The van der Waals surface area contributed by atoms with Crippen LogP contribution in [0.25, 0.3) is 5.57 Å². The Kier molecular flexibility index (Phi) is 11.4. The molecule has 1 aliphatic heterocycles. The third kappa shape index (κ3) is 7.14. The summed E-state index contributed by atoms with van der Waals surface area (Å²) in [6.45, 7) is 19.3. The van der Waals surface area contributed by atoms with E-state index in [0.29, 0.717) is 6.61 Å². The molecule has 0 unspecified atom stereocenters. The first kappa shape index (κ1) is 31.0. The summed E-state index contributed by atoms with van der Waals surface area (Å²) in [7, 11) is 3.90. The maximum atomic E-state index is 6.10. The number of hydrogen-bond acceptors (Lipinski definition) is 5. The van der Waals surface area contributed by atoms with E-state index in [4.69, 9.17) is 14.5 Å². The minimum Gasteiger partial charge on any atom is -0.496 e. The minimum atomic E-state index is 0.537. The molecule has 214 valence electrons. The second-order valence-electron chi connectivity index (χ2n) is 9.94. The van der Waals surface area contributed by atoms with Gasteiger partial charge in [-0.3, -0.25) is 4.99 Å². The molecule has 0 bridgehead atoms. The van der Waals surface area contributed by atoms with E-state index in [1.165, 1.54) is 5.69 Å². The van der Waals surface area contributed by atoms with Gasteiger partial charge in [0.05, 0.1) is 12.8 Å². The van der Waals surface area contributed by atoms with Crippen LogP contribution in [0.4, 0.5) is 11.4 Å². The lowest BCUT2D eigenvalue weighted by Crippen LogP contribution is -2.33. The van der Waals surface area contributed by atoms with E-state index in [9.17, 15) is 0 Å². The average Bonchev–Trinajstić information content (AvgIpc) is 2.99. The van der Waals surface area contributed by atoms with Crippen molar-refractivity contribution in [3.63, 3.8) is 0 Å². The minimum absolute atomic E-state index is 0.537. The van der Waals surface area contributed by atoms with Crippen molar-refractivity contribution >= 4 is 22.7 Å². The van der Waals surface area contributed by atoms with Gasteiger partial charge in [-0.25, -0.2) is 0 Å². The van der Waals surface area contributed by atoms with Gasteiger partial charge in [-0.15, -0.1) is 0 Å². The van der Waals surface area contributed by atoms with Crippen LogP contribution in [0.2, 0.25) is 0 Å². The van der Waals surface area contributed by atoms with Crippen LogP contribution in [-0.4, -0.2) is 50.9 Å². The van der Waals surface area contributed by atoms with E-state index in [1.54, 1.807) is 7.11 Å². The molecule has 0 fully saturated rings. The standard InChI is InChI=1S/C33H41N3O2.C2H6/c1-8-35(6)17-18-36(9-2)28-15-16-31(23(3)19-28)34-24(4)29-20-27-22-38-25(5)33(26-13-11-10-12-14-26)30(27)21-32(29)37-7;1-2/h10-16,19-21H,8-9,17-18,22H2,1-7H3;1-2H3. The molecule has 5 nitrogen and oxygen atoms in total. The SMILES string of the molecule is CC.CCN(C)CCN(CC)c1ccc(N=C(C)c2cc3c(cc2OC)C(c2ccccc2)=C(C)OC3)c(C)c1. The van der Waals surface area contributed by atoms with Crippen molar-refractivity contribution in [2.75, 3.05) is 45.2 Å². The highest BCUT2D eigenvalue weighted by molar-refractivity contribution is 6.03. The van der Waals surface area contributed by atoms with Crippen LogP contribution in [0.1, 0.15) is 69.4 Å². The molecule has 4 rings (SSSR count). The highest BCUT2D eigenvalue weighted by Crippen LogP contribution is 2.38. The zero-order valence-corrected chi connectivity index (χ0v) is 26.0. The van der Waals surface area contributed by atoms with Crippen LogP contribution in [-0.2, 0) is 11.3 Å². The Morgan fingerprint density at radius 3 is 2.30 bits per heavy atom. The number of benzene rings is 3. The van der Waals surface area contributed by atoms with Crippen molar-refractivity contribution in [2.45, 2.75) is 55.1 Å². The van der Waals surface area contributed by atoms with Gasteiger partial charge in [0.2, 0.25) is 0 Å². The summed E-state index contributed by atoms with van der Waals surface area (Å²) in [5.41, 5.74) is 9.84. The largest absolute Gasteiger partial charge is 0.496 e. The molecule has 0 N–H and O–H groups in total. The predicted octanol–water partition coefficient (Wildman–Crippen LogP) is 8.26. The van der Waals surface area contributed by atoms with E-state index in [0.717, 1.165) is 82.5 Å². The molecule has 0 saturated carbocycles.